The summed E-state index contributed by atoms with van der Waals surface area (Å²) in [6, 6.07) is 10.2. The van der Waals surface area contributed by atoms with Crippen molar-refractivity contribution in [3.8, 4) is 0 Å². The second-order valence-electron chi connectivity index (χ2n) is 9.75. The Balaban J connectivity index is 1.43. The molecule has 2 aliphatic heterocycles. The first-order chi connectivity index (χ1) is 15.8. The molecule has 0 saturated carbocycles. The summed E-state index contributed by atoms with van der Waals surface area (Å²) in [5, 5.41) is 7.93. The van der Waals surface area contributed by atoms with E-state index in [1.54, 1.807) is 0 Å². The van der Waals surface area contributed by atoms with Crippen LogP contribution in [0.1, 0.15) is 44.4 Å². The molecule has 0 bridgehead atoms. The number of nitrogens with one attached hydrogen (secondary N) is 2. The van der Waals surface area contributed by atoms with Crippen LogP contribution in [0.4, 0.5) is 11.8 Å². The van der Waals surface area contributed by atoms with Crippen LogP contribution >= 0.6 is 23.8 Å². The Morgan fingerprint density at radius 1 is 1.15 bits per heavy atom. The largest absolute Gasteiger partial charge is 0.381 e. The summed E-state index contributed by atoms with van der Waals surface area (Å²) < 4.78 is 5.64. The van der Waals surface area contributed by atoms with Crippen molar-refractivity contribution >= 4 is 40.7 Å². The van der Waals surface area contributed by atoms with Crippen molar-refractivity contribution in [2.24, 2.45) is 11.8 Å². The van der Waals surface area contributed by atoms with Crippen molar-refractivity contribution in [1.29, 1.82) is 0 Å². The Hall–Kier alpha value is -1.96. The quantitative estimate of drug-likeness (QED) is 0.578. The van der Waals surface area contributed by atoms with Gasteiger partial charge in [0.1, 0.15) is 5.82 Å². The molecule has 3 heterocycles. The normalized spacial score (nSPS) is 22.6. The molecule has 1 aromatic heterocycles. The van der Waals surface area contributed by atoms with E-state index in [1.165, 1.54) is 12.0 Å². The third-order valence-corrected chi connectivity index (χ3v) is 7.25. The van der Waals surface area contributed by atoms with E-state index in [2.05, 4.69) is 52.6 Å². The lowest BCUT2D eigenvalue weighted by Gasteiger charge is -2.38. The minimum Gasteiger partial charge on any atom is -0.381 e. The van der Waals surface area contributed by atoms with E-state index < -0.39 is 0 Å². The highest BCUT2D eigenvalue weighted by Gasteiger charge is 2.34. The maximum absolute atomic E-state index is 6.12. The van der Waals surface area contributed by atoms with Gasteiger partial charge >= 0.3 is 0 Å². The van der Waals surface area contributed by atoms with E-state index in [0.717, 1.165) is 55.7 Å². The molecule has 2 saturated heterocycles. The average molecular weight is 488 g/mol. The Labute approximate surface area is 207 Å². The molecule has 8 heteroatoms. The highest BCUT2D eigenvalue weighted by molar-refractivity contribution is 7.80. The van der Waals surface area contributed by atoms with Crippen LogP contribution in [0.5, 0.6) is 0 Å². The number of benzene rings is 1. The number of thiocarbonyl (C=S) groups is 1. The average Bonchev–Trinajstić information content (AvgIpc) is 2.78. The fourth-order valence-electron chi connectivity index (χ4n) is 5.15. The minimum atomic E-state index is -0.0483. The Bertz CT molecular complexity index is 954. The van der Waals surface area contributed by atoms with Crippen LogP contribution in [0, 0.1) is 18.8 Å². The first-order valence-electron chi connectivity index (χ1n) is 11.8. The summed E-state index contributed by atoms with van der Waals surface area (Å²) in [6.45, 7) is 10.8. The standard InChI is InChI=1S/C25H34ClN5OS/c1-17-12-18(2)15-31(14-17)22-13-19(3)28-23(29-22)30-24(33)27-16-25(8-10-32-11-9-25)20-4-6-21(26)7-5-20/h4-7,13,17-18H,8-12,14-16H2,1-3H3,(H2,27,28,29,30,33)/t17-,18-/m0/s1. The summed E-state index contributed by atoms with van der Waals surface area (Å²) in [7, 11) is 0. The third-order valence-electron chi connectivity index (χ3n) is 6.75. The van der Waals surface area contributed by atoms with Crippen molar-refractivity contribution < 1.29 is 4.74 Å². The molecule has 0 radical (unpaired) electrons. The van der Waals surface area contributed by atoms with Crippen LogP contribution in [0.15, 0.2) is 30.3 Å². The van der Waals surface area contributed by atoms with Crippen molar-refractivity contribution in [2.45, 2.75) is 45.4 Å². The molecule has 33 heavy (non-hydrogen) atoms. The maximum Gasteiger partial charge on any atom is 0.231 e. The molecule has 0 unspecified atom stereocenters. The maximum atomic E-state index is 6.12. The van der Waals surface area contributed by atoms with Crippen molar-refractivity contribution in [3.05, 3.63) is 46.6 Å². The van der Waals surface area contributed by atoms with E-state index >= 15 is 0 Å². The van der Waals surface area contributed by atoms with Gasteiger partial charge in [-0.25, -0.2) is 4.98 Å². The van der Waals surface area contributed by atoms with Gasteiger partial charge in [0.15, 0.2) is 5.11 Å². The number of ether oxygens (including phenoxy) is 1. The first-order valence-corrected chi connectivity index (χ1v) is 12.6. The molecule has 6 nitrogen and oxygen atoms in total. The summed E-state index contributed by atoms with van der Waals surface area (Å²) in [5.41, 5.74) is 2.14. The second kappa shape index (κ2) is 10.5. The lowest BCUT2D eigenvalue weighted by atomic mass is 9.74. The zero-order valence-electron chi connectivity index (χ0n) is 19.7. The smallest absolute Gasteiger partial charge is 0.231 e. The van der Waals surface area contributed by atoms with Crippen molar-refractivity contribution in [3.63, 3.8) is 0 Å². The number of rotatable bonds is 5. The fourth-order valence-corrected chi connectivity index (χ4v) is 5.44. The number of hydrogen-bond acceptors (Lipinski definition) is 5. The number of anilines is 2. The van der Waals surface area contributed by atoms with Gasteiger partial charge in [-0.3, -0.25) is 0 Å². The molecule has 2 atom stereocenters. The number of hydrogen-bond donors (Lipinski definition) is 2. The van der Waals surface area contributed by atoms with Gasteiger partial charge in [0.2, 0.25) is 5.95 Å². The van der Waals surface area contributed by atoms with Crippen LogP contribution in [-0.2, 0) is 10.2 Å². The Morgan fingerprint density at radius 2 is 1.82 bits per heavy atom. The van der Waals surface area contributed by atoms with Crippen LogP contribution in [0.25, 0.3) is 0 Å². The number of halogens is 1. The molecule has 2 fully saturated rings. The van der Waals surface area contributed by atoms with Crippen molar-refractivity contribution in [2.75, 3.05) is 43.1 Å². The Morgan fingerprint density at radius 3 is 2.48 bits per heavy atom. The predicted molar refractivity (Wildman–Crippen MR) is 139 cm³/mol. The summed E-state index contributed by atoms with van der Waals surface area (Å²) in [4.78, 5) is 11.7. The molecular weight excluding hydrogens is 454 g/mol. The van der Waals surface area contributed by atoms with Crippen LogP contribution in [0.2, 0.25) is 5.02 Å². The van der Waals surface area contributed by atoms with Gasteiger partial charge in [-0.2, -0.15) is 4.98 Å². The van der Waals surface area contributed by atoms with Crippen LogP contribution < -0.4 is 15.5 Å². The topological polar surface area (TPSA) is 62.3 Å². The Kier molecular flexibility index (Phi) is 7.72. The van der Waals surface area contributed by atoms with Crippen LogP contribution in [-0.4, -0.2) is 47.9 Å². The monoisotopic (exact) mass is 487 g/mol. The van der Waals surface area contributed by atoms with E-state index in [9.17, 15) is 0 Å². The molecule has 0 aliphatic carbocycles. The molecule has 2 aliphatic rings. The van der Waals surface area contributed by atoms with Gasteiger partial charge < -0.3 is 20.3 Å². The number of aromatic nitrogens is 2. The summed E-state index contributed by atoms with van der Waals surface area (Å²) in [5.74, 6) is 2.83. The molecule has 178 valence electrons. The van der Waals surface area contributed by atoms with Gasteiger partial charge in [-0.15, -0.1) is 0 Å². The van der Waals surface area contributed by atoms with Gasteiger partial charge in [0.05, 0.1) is 0 Å². The van der Waals surface area contributed by atoms with Gasteiger partial charge in [-0.05, 0) is 67.9 Å². The highest BCUT2D eigenvalue weighted by Crippen LogP contribution is 2.35. The highest BCUT2D eigenvalue weighted by atomic mass is 35.5. The lowest BCUT2D eigenvalue weighted by molar-refractivity contribution is 0.0515. The third kappa shape index (κ3) is 6.14. The predicted octanol–water partition coefficient (Wildman–Crippen LogP) is 4.96. The first kappa shape index (κ1) is 24.2. The number of nitrogens with zero attached hydrogens (tertiary/aromatic N) is 3. The number of piperidine rings is 1. The van der Waals surface area contributed by atoms with E-state index in [1.807, 2.05) is 19.1 Å². The van der Waals surface area contributed by atoms with Gasteiger partial charge in [-0.1, -0.05) is 37.6 Å². The zero-order chi connectivity index (χ0) is 23.4. The van der Waals surface area contributed by atoms with E-state index in [-0.39, 0.29) is 5.41 Å². The molecule has 2 N–H and O–H groups in total. The zero-order valence-corrected chi connectivity index (χ0v) is 21.3. The molecule has 1 aromatic carbocycles. The fraction of sp³-hybridized carbons (Fsp3) is 0.560. The van der Waals surface area contributed by atoms with Crippen molar-refractivity contribution in [1.82, 2.24) is 15.3 Å². The molecule has 2 aromatic rings. The molecule has 0 amide bonds. The van der Waals surface area contributed by atoms with Gasteiger partial charge in [0, 0.05) is 55.0 Å². The molecule has 4 rings (SSSR count). The van der Waals surface area contributed by atoms with E-state index in [4.69, 9.17) is 33.5 Å². The summed E-state index contributed by atoms with van der Waals surface area (Å²) in [6.07, 6.45) is 3.13. The SMILES string of the molecule is Cc1cc(N2C[C@@H](C)C[C@H](C)C2)nc(NC(=S)NCC2(c3ccc(Cl)cc3)CCOCC2)n1. The summed E-state index contributed by atoms with van der Waals surface area (Å²) >= 11 is 11.8. The lowest BCUT2D eigenvalue weighted by Crippen LogP contribution is -2.45. The van der Waals surface area contributed by atoms with E-state index in [0.29, 0.717) is 29.4 Å². The van der Waals surface area contributed by atoms with Crippen LogP contribution in [0.3, 0.4) is 0 Å². The second-order valence-corrected chi connectivity index (χ2v) is 10.6. The molecule has 0 spiro atoms. The minimum absolute atomic E-state index is 0.0483. The van der Waals surface area contributed by atoms with Gasteiger partial charge in [0.25, 0.3) is 0 Å². The molecular formula is C25H34ClN5OS. The number of aryl methyl sites for hydroxylation is 1.